The normalized spacial score (nSPS) is 14.7. The Balaban J connectivity index is 1.66. The molecular weight excluding hydrogens is 362 g/mol. The number of carbonyl (C=O) groups excluding carboxylic acids is 1. The third-order valence-electron chi connectivity index (χ3n) is 5.17. The number of carbonyl (C=O) groups is 2. The molecule has 8 heteroatoms. The summed E-state index contributed by atoms with van der Waals surface area (Å²) >= 11 is 0. The van der Waals surface area contributed by atoms with Crippen molar-refractivity contribution in [2.24, 2.45) is 5.92 Å². The van der Waals surface area contributed by atoms with Crippen molar-refractivity contribution in [2.75, 3.05) is 13.1 Å². The first-order valence-corrected chi connectivity index (χ1v) is 9.08. The molecule has 2 heterocycles. The van der Waals surface area contributed by atoms with Crippen LogP contribution < -0.4 is 0 Å². The first kappa shape index (κ1) is 19.5. The van der Waals surface area contributed by atoms with Crippen molar-refractivity contribution in [3.8, 4) is 0 Å². The van der Waals surface area contributed by atoms with Gasteiger partial charge in [0.05, 0.1) is 21.7 Å². The number of nitro groups is 1. The number of amides is 1. The Morgan fingerprint density at radius 2 is 1.93 bits per heavy atom. The van der Waals surface area contributed by atoms with E-state index in [1.807, 2.05) is 12.1 Å². The highest BCUT2D eigenvalue weighted by Crippen LogP contribution is 2.25. The van der Waals surface area contributed by atoms with Crippen LogP contribution in [0.1, 0.15) is 44.8 Å². The molecule has 1 aliphatic rings. The van der Waals surface area contributed by atoms with Gasteiger partial charge in [0.2, 0.25) is 0 Å². The van der Waals surface area contributed by atoms with Crippen LogP contribution >= 0.6 is 0 Å². The van der Waals surface area contributed by atoms with E-state index in [9.17, 15) is 24.8 Å². The lowest BCUT2D eigenvalue weighted by Crippen LogP contribution is -2.39. The zero-order valence-electron chi connectivity index (χ0n) is 15.5. The van der Waals surface area contributed by atoms with Crippen molar-refractivity contribution in [1.29, 1.82) is 0 Å². The molecule has 1 fully saturated rings. The van der Waals surface area contributed by atoms with Gasteiger partial charge >= 0.3 is 5.97 Å². The monoisotopic (exact) mass is 383 g/mol. The zero-order chi connectivity index (χ0) is 20.3. The number of aryl methyl sites for hydroxylation is 1. The second-order valence-corrected chi connectivity index (χ2v) is 6.99. The van der Waals surface area contributed by atoms with Crippen LogP contribution in [0, 0.1) is 23.0 Å². The Kier molecular flexibility index (Phi) is 5.67. The van der Waals surface area contributed by atoms with Gasteiger partial charge in [0, 0.05) is 19.2 Å². The highest BCUT2D eigenvalue weighted by molar-refractivity contribution is 5.95. The second-order valence-electron chi connectivity index (χ2n) is 6.99. The molecule has 0 bridgehead atoms. The van der Waals surface area contributed by atoms with Gasteiger partial charge in [-0.3, -0.25) is 19.9 Å². The molecule has 1 aromatic carbocycles. The topological polar surface area (TPSA) is 114 Å². The molecule has 1 aromatic heterocycles. The molecule has 0 unspecified atom stereocenters. The smallest absolute Gasteiger partial charge is 0.335 e. The lowest BCUT2D eigenvalue weighted by atomic mass is 9.88. The molecule has 8 nitrogen and oxygen atoms in total. The van der Waals surface area contributed by atoms with E-state index in [4.69, 9.17) is 0 Å². The summed E-state index contributed by atoms with van der Waals surface area (Å²) in [7, 11) is 0. The molecule has 146 valence electrons. The third kappa shape index (κ3) is 4.16. The minimum absolute atomic E-state index is 0.200. The molecule has 0 saturated carbocycles. The van der Waals surface area contributed by atoms with Gasteiger partial charge in [0.15, 0.2) is 0 Å². The standard InChI is InChI=1S/C20H21N3O5/c1-13-18(11-16(12-21-13)23(27)28)19(24)22-8-6-14(7-9-22)10-15-4-2-3-5-17(15)20(25)26/h2-5,11-12,14H,6-10H2,1H3,(H,25,26). The summed E-state index contributed by atoms with van der Waals surface area (Å²) in [5.41, 5.74) is 1.64. The van der Waals surface area contributed by atoms with Gasteiger partial charge < -0.3 is 10.0 Å². The summed E-state index contributed by atoms with van der Waals surface area (Å²) in [4.78, 5) is 40.2. The van der Waals surface area contributed by atoms with Crippen LogP contribution in [0.4, 0.5) is 5.69 Å². The van der Waals surface area contributed by atoms with Crippen LogP contribution in [0.5, 0.6) is 0 Å². The number of hydrogen-bond donors (Lipinski definition) is 1. The fourth-order valence-corrected chi connectivity index (χ4v) is 3.57. The van der Waals surface area contributed by atoms with Crippen molar-refractivity contribution >= 4 is 17.6 Å². The van der Waals surface area contributed by atoms with Crippen LogP contribution in [0.15, 0.2) is 36.5 Å². The number of piperidine rings is 1. The van der Waals surface area contributed by atoms with E-state index in [0.29, 0.717) is 30.8 Å². The van der Waals surface area contributed by atoms with Crippen LogP contribution in [0.3, 0.4) is 0 Å². The molecule has 0 spiro atoms. The number of aromatic nitrogens is 1. The summed E-state index contributed by atoms with van der Waals surface area (Å²) in [6.07, 6.45) is 3.31. The first-order chi connectivity index (χ1) is 13.4. The average Bonchev–Trinajstić information content (AvgIpc) is 2.68. The molecule has 0 aliphatic carbocycles. The largest absolute Gasteiger partial charge is 0.478 e. The van der Waals surface area contributed by atoms with Crippen molar-refractivity contribution in [1.82, 2.24) is 9.88 Å². The average molecular weight is 383 g/mol. The molecule has 28 heavy (non-hydrogen) atoms. The highest BCUT2D eigenvalue weighted by atomic mass is 16.6. The number of carboxylic acids is 1. The van der Waals surface area contributed by atoms with Gasteiger partial charge in [0.1, 0.15) is 6.20 Å². The number of nitrogens with zero attached hydrogens (tertiary/aromatic N) is 3. The van der Waals surface area contributed by atoms with Crippen molar-refractivity contribution < 1.29 is 19.6 Å². The van der Waals surface area contributed by atoms with E-state index in [1.165, 1.54) is 6.07 Å². The molecule has 1 saturated heterocycles. The third-order valence-corrected chi connectivity index (χ3v) is 5.17. The Morgan fingerprint density at radius 3 is 2.57 bits per heavy atom. The number of hydrogen-bond acceptors (Lipinski definition) is 5. The van der Waals surface area contributed by atoms with E-state index in [2.05, 4.69) is 4.98 Å². The summed E-state index contributed by atoms with van der Waals surface area (Å²) < 4.78 is 0. The fourth-order valence-electron chi connectivity index (χ4n) is 3.57. The van der Waals surface area contributed by atoms with Crippen LogP contribution in [0.2, 0.25) is 0 Å². The summed E-state index contributed by atoms with van der Waals surface area (Å²) in [6.45, 7) is 2.72. The minimum atomic E-state index is -0.933. The first-order valence-electron chi connectivity index (χ1n) is 9.08. The molecular formula is C20H21N3O5. The molecule has 1 N–H and O–H groups in total. The van der Waals surface area contributed by atoms with E-state index >= 15 is 0 Å². The maximum absolute atomic E-state index is 12.8. The van der Waals surface area contributed by atoms with Gasteiger partial charge in [0.25, 0.3) is 11.6 Å². The maximum atomic E-state index is 12.8. The molecule has 0 radical (unpaired) electrons. The van der Waals surface area contributed by atoms with Crippen LogP contribution in [-0.2, 0) is 6.42 Å². The number of aromatic carboxylic acids is 1. The highest BCUT2D eigenvalue weighted by Gasteiger charge is 2.27. The van der Waals surface area contributed by atoms with Crippen molar-refractivity contribution in [2.45, 2.75) is 26.2 Å². The fraction of sp³-hybridized carbons (Fsp3) is 0.350. The Morgan fingerprint density at radius 1 is 1.25 bits per heavy atom. The Hall–Kier alpha value is -3.29. The summed E-state index contributed by atoms with van der Waals surface area (Å²) in [5.74, 6) is -0.899. The van der Waals surface area contributed by atoms with Gasteiger partial charge in [-0.15, -0.1) is 0 Å². The SMILES string of the molecule is Cc1ncc([N+](=O)[O-])cc1C(=O)N1CCC(Cc2ccccc2C(=O)O)CC1. The summed E-state index contributed by atoms with van der Waals surface area (Å²) in [6, 6.07) is 8.26. The van der Waals surface area contributed by atoms with Crippen molar-refractivity contribution in [3.05, 3.63) is 69.0 Å². The van der Waals surface area contributed by atoms with E-state index in [1.54, 1.807) is 24.0 Å². The van der Waals surface area contributed by atoms with Gasteiger partial charge in [-0.2, -0.15) is 0 Å². The number of rotatable bonds is 5. The molecule has 0 atom stereocenters. The van der Waals surface area contributed by atoms with E-state index in [0.717, 1.165) is 24.6 Å². The Bertz CT molecular complexity index is 920. The van der Waals surface area contributed by atoms with Gasteiger partial charge in [-0.05, 0) is 43.7 Å². The van der Waals surface area contributed by atoms with Crippen molar-refractivity contribution in [3.63, 3.8) is 0 Å². The van der Waals surface area contributed by atoms with E-state index in [-0.39, 0.29) is 23.1 Å². The predicted molar refractivity (Wildman–Crippen MR) is 101 cm³/mol. The van der Waals surface area contributed by atoms with Crippen LogP contribution in [-0.4, -0.2) is 44.9 Å². The molecule has 3 rings (SSSR count). The number of likely N-dealkylation sites (tertiary alicyclic amines) is 1. The predicted octanol–water partition coefficient (Wildman–Crippen LogP) is 3.09. The minimum Gasteiger partial charge on any atom is -0.478 e. The number of carboxylic acid groups (broad SMARTS) is 1. The molecule has 1 aliphatic heterocycles. The maximum Gasteiger partial charge on any atom is 0.335 e. The molecule has 2 aromatic rings. The second kappa shape index (κ2) is 8.16. The quantitative estimate of drug-likeness (QED) is 0.627. The number of benzene rings is 1. The lowest BCUT2D eigenvalue weighted by molar-refractivity contribution is -0.385. The summed E-state index contributed by atoms with van der Waals surface area (Å²) in [5, 5.41) is 20.3. The van der Waals surface area contributed by atoms with E-state index < -0.39 is 10.9 Å². The van der Waals surface area contributed by atoms with Crippen LogP contribution in [0.25, 0.3) is 0 Å². The number of pyridine rings is 1. The van der Waals surface area contributed by atoms with Gasteiger partial charge in [-0.25, -0.2) is 4.79 Å². The zero-order valence-corrected chi connectivity index (χ0v) is 15.5. The lowest BCUT2D eigenvalue weighted by Gasteiger charge is -2.32. The Labute approximate surface area is 162 Å². The van der Waals surface area contributed by atoms with Gasteiger partial charge in [-0.1, -0.05) is 18.2 Å². The molecule has 1 amide bonds.